The summed E-state index contributed by atoms with van der Waals surface area (Å²) in [6.07, 6.45) is 1.28. The number of ketones is 1. The Hall–Kier alpha value is -2.73. The number of anilines is 1. The number of aryl methyl sites for hydroxylation is 1. The highest BCUT2D eigenvalue weighted by molar-refractivity contribution is 7.08. The number of Topliss-reactive ketones (excluding diaryl/α,β-unsaturated/α-hetero) is 1. The van der Waals surface area contributed by atoms with Gasteiger partial charge < -0.3 is 10.6 Å². The Balaban J connectivity index is 1.77. The van der Waals surface area contributed by atoms with Crippen LogP contribution in [-0.4, -0.2) is 16.7 Å². The van der Waals surface area contributed by atoms with Crippen molar-refractivity contribution in [3.63, 3.8) is 0 Å². The topological polar surface area (TPSA) is 71.1 Å². The van der Waals surface area contributed by atoms with E-state index in [4.69, 9.17) is 0 Å². The first-order valence-electron chi connectivity index (χ1n) is 9.76. The lowest BCUT2D eigenvalue weighted by atomic mass is 9.69. The Bertz CT molecular complexity index is 1050. The second-order valence-corrected chi connectivity index (χ2v) is 9.38. The fraction of sp³-hybridized carbons (Fsp3) is 0.348. The summed E-state index contributed by atoms with van der Waals surface area (Å²) in [6.45, 7) is 8.02. The molecule has 0 unspecified atom stereocenters. The molecule has 0 bridgehead atoms. The predicted octanol–water partition coefficient (Wildman–Crippen LogP) is 4.69. The average Bonchev–Trinajstić information content (AvgIpc) is 3.13. The lowest BCUT2D eigenvalue weighted by molar-refractivity contribution is -0.118. The van der Waals surface area contributed by atoms with Gasteiger partial charge in [-0.15, -0.1) is 0 Å². The standard InChI is InChI=1S/C23H25N3O2S/c1-13-6-5-7-18(24-13)26-22(28)19-14(2)25-16-10-23(3,4)11-17(27)21(16)20(19)15-8-9-29-12-15/h5-9,12,20,25H,10-11H2,1-4H3,(H,24,26,28)/t20-/m0/s1. The molecule has 3 heterocycles. The minimum absolute atomic E-state index is 0.0896. The Kier molecular flexibility index (Phi) is 4.90. The summed E-state index contributed by atoms with van der Waals surface area (Å²) in [5, 5.41) is 10.3. The van der Waals surface area contributed by atoms with Crippen molar-refractivity contribution in [1.29, 1.82) is 0 Å². The minimum atomic E-state index is -0.356. The van der Waals surface area contributed by atoms with Crippen LogP contribution in [0.3, 0.4) is 0 Å². The van der Waals surface area contributed by atoms with E-state index in [0.29, 0.717) is 17.8 Å². The molecule has 5 nitrogen and oxygen atoms in total. The first-order valence-corrected chi connectivity index (χ1v) is 10.7. The number of carbonyl (C=O) groups is 2. The van der Waals surface area contributed by atoms with Gasteiger partial charge in [-0.2, -0.15) is 11.3 Å². The van der Waals surface area contributed by atoms with E-state index in [1.807, 2.05) is 42.8 Å². The maximum absolute atomic E-state index is 13.3. The van der Waals surface area contributed by atoms with Gasteiger partial charge in [-0.05, 0) is 60.2 Å². The van der Waals surface area contributed by atoms with Crippen molar-refractivity contribution in [3.05, 3.63) is 68.8 Å². The average molecular weight is 408 g/mol. The zero-order valence-electron chi connectivity index (χ0n) is 17.1. The van der Waals surface area contributed by atoms with Gasteiger partial charge in [0.05, 0.1) is 0 Å². The number of hydrogen-bond donors (Lipinski definition) is 2. The lowest BCUT2D eigenvalue weighted by Gasteiger charge is -2.39. The molecule has 2 aromatic heterocycles. The maximum atomic E-state index is 13.3. The molecular weight excluding hydrogens is 382 g/mol. The smallest absolute Gasteiger partial charge is 0.255 e. The molecule has 150 valence electrons. The van der Waals surface area contributed by atoms with Crippen molar-refractivity contribution < 1.29 is 9.59 Å². The number of rotatable bonds is 3. The van der Waals surface area contributed by atoms with Crippen LogP contribution in [0, 0.1) is 12.3 Å². The van der Waals surface area contributed by atoms with E-state index in [1.165, 1.54) is 0 Å². The van der Waals surface area contributed by atoms with E-state index in [2.05, 4.69) is 29.5 Å². The molecular formula is C23H25N3O2S. The molecule has 0 radical (unpaired) electrons. The van der Waals surface area contributed by atoms with Crippen molar-refractivity contribution in [2.75, 3.05) is 5.32 Å². The summed E-state index contributed by atoms with van der Waals surface area (Å²) in [4.78, 5) is 30.9. The first-order chi connectivity index (χ1) is 13.7. The van der Waals surface area contributed by atoms with Gasteiger partial charge in [0, 0.05) is 40.6 Å². The number of amides is 1. The lowest BCUT2D eigenvalue weighted by Crippen LogP contribution is -2.39. The number of thiophene rings is 1. The van der Waals surface area contributed by atoms with Crippen molar-refractivity contribution in [2.45, 2.75) is 46.5 Å². The highest BCUT2D eigenvalue weighted by atomic mass is 32.1. The zero-order chi connectivity index (χ0) is 20.8. The number of allylic oxidation sites excluding steroid dienone is 3. The number of carbonyl (C=O) groups excluding carboxylic acids is 2. The van der Waals surface area contributed by atoms with Gasteiger partial charge in [-0.3, -0.25) is 9.59 Å². The van der Waals surface area contributed by atoms with Crippen molar-refractivity contribution in [2.24, 2.45) is 5.41 Å². The SMILES string of the molecule is CC1=C(C(=O)Nc2cccc(C)n2)[C@H](c2ccsc2)C2=C(CC(C)(C)CC2=O)N1. The third-order valence-electron chi connectivity index (χ3n) is 5.49. The number of dihydropyridines is 1. The highest BCUT2D eigenvalue weighted by Gasteiger charge is 2.42. The molecule has 4 rings (SSSR count). The van der Waals surface area contributed by atoms with Gasteiger partial charge in [-0.1, -0.05) is 19.9 Å². The van der Waals surface area contributed by atoms with Gasteiger partial charge in [0.1, 0.15) is 5.82 Å². The van der Waals surface area contributed by atoms with Gasteiger partial charge in [0.15, 0.2) is 5.78 Å². The normalized spacial score (nSPS) is 21.0. The monoisotopic (exact) mass is 407 g/mol. The summed E-state index contributed by atoms with van der Waals surface area (Å²) in [6, 6.07) is 7.53. The molecule has 0 saturated heterocycles. The van der Waals surface area contributed by atoms with Crippen LogP contribution < -0.4 is 10.6 Å². The van der Waals surface area contributed by atoms with E-state index in [-0.39, 0.29) is 23.0 Å². The maximum Gasteiger partial charge on any atom is 0.255 e. The van der Waals surface area contributed by atoms with Gasteiger partial charge in [0.25, 0.3) is 5.91 Å². The van der Waals surface area contributed by atoms with Crippen LogP contribution in [0.15, 0.2) is 57.6 Å². The van der Waals surface area contributed by atoms with Crippen molar-refractivity contribution >= 4 is 28.8 Å². The van der Waals surface area contributed by atoms with Gasteiger partial charge in [-0.25, -0.2) is 4.98 Å². The van der Waals surface area contributed by atoms with Crippen LogP contribution in [0.2, 0.25) is 0 Å². The molecule has 2 N–H and O–H groups in total. The van der Waals surface area contributed by atoms with Crippen molar-refractivity contribution in [3.8, 4) is 0 Å². The second kappa shape index (κ2) is 7.26. The third-order valence-corrected chi connectivity index (χ3v) is 6.19. The molecule has 0 saturated carbocycles. The molecule has 0 spiro atoms. The number of aromatic nitrogens is 1. The molecule has 29 heavy (non-hydrogen) atoms. The summed E-state index contributed by atoms with van der Waals surface area (Å²) in [5.41, 5.74) is 4.78. The number of pyridine rings is 1. The Morgan fingerprint density at radius 2 is 2.03 bits per heavy atom. The van der Waals surface area contributed by atoms with E-state index < -0.39 is 0 Å². The van der Waals surface area contributed by atoms with Gasteiger partial charge in [0.2, 0.25) is 0 Å². The van der Waals surface area contributed by atoms with Crippen LogP contribution in [0.5, 0.6) is 0 Å². The van der Waals surface area contributed by atoms with E-state index in [0.717, 1.165) is 34.6 Å². The molecule has 1 aliphatic carbocycles. The molecule has 0 aromatic carbocycles. The zero-order valence-corrected chi connectivity index (χ0v) is 17.9. The quantitative estimate of drug-likeness (QED) is 0.774. The molecule has 1 aliphatic heterocycles. The first kappa shape index (κ1) is 19.6. The third kappa shape index (κ3) is 3.77. The van der Waals surface area contributed by atoms with E-state index in [1.54, 1.807) is 17.4 Å². The molecule has 2 aliphatic rings. The predicted molar refractivity (Wildman–Crippen MR) is 116 cm³/mol. The Labute approximate surface area is 174 Å². The Morgan fingerprint density at radius 1 is 1.24 bits per heavy atom. The van der Waals surface area contributed by atoms with E-state index >= 15 is 0 Å². The number of nitrogens with one attached hydrogen (secondary N) is 2. The fourth-order valence-corrected chi connectivity index (χ4v) is 4.99. The van der Waals surface area contributed by atoms with E-state index in [9.17, 15) is 9.59 Å². The summed E-state index contributed by atoms with van der Waals surface area (Å²) in [7, 11) is 0. The number of hydrogen-bond acceptors (Lipinski definition) is 5. The van der Waals surface area contributed by atoms with Crippen LogP contribution in [0.4, 0.5) is 5.82 Å². The van der Waals surface area contributed by atoms with Crippen molar-refractivity contribution in [1.82, 2.24) is 10.3 Å². The van der Waals surface area contributed by atoms with Crippen LogP contribution >= 0.6 is 11.3 Å². The fourth-order valence-electron chi connectivity index (χ4n) is 4.31. The highest BCUT2D eigenvalue weighted by Crippen LogP contribution is 2.47. The molecule has 1 atom stereocenters. The molecule has 6 heteroatoms. The molecule has 1 amide bonds. The Morgan fingerprint density at radius 3 is 2.72 bits per heavy atom. The van der Waals surface area contributed by atoms with Gasteiger partial charge >= 0.3 is 0 Å². The van der Waals surface area contributed by atoms with Crippen LogP contribution in [0.25, 0.3) is 0 Å². The van der Waals surface area contributed by atoms with Crippen LogP contribution in [0.1, 0.15) is 50.8 Å². The second-order valence-electron chi connectivity index (χ2n) is 8.60. The summed E-state index contributed by atoms with van der Waals surface area (Å²) >= 11 is 1.57. The minimum Gasteiger partial charge on any atom is -0.362 e. The summed E-state index contributed by atoms with van der Waals surface area (Å²) < 4.78 is 0. The molecule has 0 fully saturated rings. The van der Waals surface area contributed by atoms with Crippen LogP contribution in [-0.2, 0) is 9.59 Å². The molecule has 2 aromatic rings. The summed E-state index contributed by atoms with van der Waals surface area (Å²) in [5.74, 6) is 0.0427. The number of nitrogens with zero attached hydrogens (tertiary/aromatic N) is 1. The largest absolute Gasteiger partial charge is 0.362 e.